The standard InChI is InChI=1S/C16H20INO3/c1-16(2,3)21-15(19)18-9-12-8-13(18)14(20-12)10-4-6-11(17)7-5-10/h4-7,12-14H,8-9H2,1-3H3/t12-,13-,14+/m0/s1. The minimum absolute atomic E-state index is 0.0340. The SMILES string of the molecule is CC(C)(C)OC(=O)N1C[C@@H]2C[C@H]1[C@@H](c1ccc(I)cc1)O2. The molecule has 0 aliphatic carbocycles. The van der Waals surface area contributed by atoms with Gasteiger partial charge in [0.25, 0.3) is 0 Å². The topological polar surface area (TPSA) is 38.8 Å². The summed E-state index contributed by atoms with van der Waals surface area (Å²) < 4.78 is 12.8. The fraction of sp³-hybridized carbons (Fsp3) is 0.562. The smallest absolute Gasteiger partial charge is 0.410 e. The molecule has 2 saturated heterocycles. The van der Waals surface area contributed by atoms with Gasteiger partial charge in [-0.2, -0.15) is 0 Å². The second-order valence-electron chi connectivity index (χ2n) is 6.67. The van der Waals surface area contributed by atoms with Gasteiger partial charge in [0.05, 0.1) is 18.7 Å². The molecule has 0 unspecified atom stereocenters. The number of amides is 1. The molecule has 0 aromatic heterocycles. The zero-order chi connectivity index (χ0) is 15.2. The van der Waals surface area contributed by atoms with Gasteiger partial charge in [-0.05, 0) is 67.5 Å². The van der Waals surface area contributed by atoms with Crippen LogP contribution in [0.5, 0.6) is 0 Å². The van der Waals surface area contributed by atoms with E-state index in [1.807, 2.05) is 25.7 Å². The average molecular weight is 401 g/mol. The number of benzene rings is 1. The van der Waals surface area contributed by atoms with Crippen LogP contribution in [0.15, 0.2) is 24.3 Å². The van der Waals surface area contributed by atoms with Crippen molar-refractivity contribution in [2.75, 3.05) is 6.54 Å². The van der Waals surface area contributed by atoms with Crippen molar-refractivity contribution in [1.82, 2.24) is 4.90 Å². The second-order valence-corrected chi connectivity index (χ2v) is 7.91. The van der Waals surface area contributed by atoms with Gasteiger partial charge < -0.3 is 9.47 Å². The summed E-state index contributed by atoms with van der Waals surface area (Å²) in [4.78, 5) is 14.2. The molecule has 3 rings (SSSR count). The summed E-state index contributed by atoms with van der Waals surface area (Å²) in [7, 11) is 0. The van der Waals surface area contributed by atoms with Crippen LogP contribution >= 0.6 is 22.6 Å². The molecule has 2 fully saturated rings. The summed E-state index contributed by atoms with van der Waals surface area (Å²) in [6, 6.07) is 8.40. The summed E-state index contributed by atoms with van der Waals surface area (Å²) >= 11 is 2.29. The molecule has 2 aliphatic heterocycles. The number of rotatable bonds is 1. The van der Waals surface area contributed by atoms with E-state index in [-0.39, 0.29) is 24.3 Å². The van der Waals surface area contributed by atoms with Gasteiger partial charge in [0.1, 0.15) is 11.7 Å². The van der Waals surface area contributed by atoms with Crippen LogP contribution in [0.1, 0.15) is 38.9 Å². The van der Waals surface area contributed by atoms with Gasteiger partial charge in [0.2, 0.25) is 0 Å². The van der Waals surface area contributed by atoms with Gasteiger partial charge in [-0.1, -0.05) is 12.1 Å². The molecule has 0 spiro atoms. The van der Waals surface area contributed by atoms with Crippen molar-refractivity contribution in [3.63, 3.8) is 0 Å². The first kappa shape index (κ1) is 15.1. The van der Waals surface area contributed by atoms with Crippen molar-refractivity contribution in [3.05, 3.63) is 33.4 Å². The van der Waals surface area contributed by atoms with Crippen molar-refractivity contribution in [2.45, 2.75) is 51.0 Å². The molecular weight excluding hydrogens is 381 g/mol. The Morgan fingerprint density at radius 2 is 2.00 bits per heavy atom. The van der Waals surface area contributed by atoms with Crippen molar-refractivity contribution in [1.29, 1.82) is 0 Å². The van der Waals surface area contributed by atoms with E-state index in [9.17, 15) is 4.79 Å². The Kier molecular flexibility index (Phi) is 3.90. The Hall–Kier alpha value is -0.820. The number of hydrogen-bond donors (Lipinski definition) is 0. The molecule has 1 aromatic carbocycles. The van der Waals surface area contributed by atoms with E-state index in [0.717, 1.165) is 12.0 Å². The van der Waals surface area contributed by atoms with Crippen molar-refractivity contribution < 1.29 is 14.3 Å². The maximum Gasteiger partial charge on any atom is 0.410 e. The molecule has 4 nitrogen and oxygen atoms in total. The zero-order valence-electron chi connectivity index (χ0n) is 12.5. The number of hydrogen-bond acceptors (Lipinski definition) is 3. The highest BCUT2D eigenvalue weighted by atomic mass is 127. The Morgan fingerprint density at radius 3 is 2.57 bits per heavy atom. The van der Waals surface area contributed by atoms with Crippen LogP contribution < -0.4 is 0 Å². The summed E-state index contributed by atoms with van der Waals surface area (Å²) in [5, 5.41) is 0. The normalized spacial score (nSPS) is 28.0. The monoisotopic (exact) mass is 401 g/mol. The van der Waals surface area contributed by atoms with Gasteiger partial charge in [0.15, 0.2) is 0 Å². The number of morpholine rings is 1. The van der Waals surface area contributed by atoms with Crippen LogP contribution in [0, 0.1) is 3.57 Å². The first-order chi connectivity index (χ1) is 9.83. The van der Waals surface area contributed by atoms with E-state index in [0.29, 0.717) is 6.54 Å². The van der Waals surface area contributed by atoms with Gasteiger partial charge in [-0.3, -0.25) is 4.90 Å². The fourth-order valence-corrected chi connectivity index (χ4v) is 3.35. The molecule has 114 valence electrons. The van der Waals surface area contributed by atoms with Crippen molar-refractivity contribution >= 4 is 28.7 Å². The first-order valence-electron chi connectivity index (χ1n) is 7.24. The van der Waals surface area contributed by atoms with Crippen LogP contribution in [0.3, 0.4) is 0 Å². The van der Waals surface area contributed by atoms with Crippen LogP contribution in [-0.4, -0.2) is 35.3 Å². The highest BCUT2D eigenvalue weighted by Crippen LogP contribution is 2.42. The number of carbonyl (C=O) groups is 1. The van der Waals surface area contributed by atoms with E-state index < -0.39 is 5.60 Å². The van der Waals surface area contributed by atoms with E-state index in [1.165, 1.54) is 3.57 Å². The highest BCUT2D eigenvalue weighted by Gasteiger charge is 2.49. The minimum atomic E-state index is -0.460. The van der Waals surface area contributed by atoms with Crippen molar-refractivity contribution in [2.24, 2.45) is 0 Å². The van der Waals surface area contributed by atoms with E-state index >= 15 is 0 Å². The van der Waals surface area contributed by atoms with E-state index in [2.05, 4.69) is 46.9 Å². The molecule has 0 N–H and O–H groups in total. The predicted molar refractivity (Wildman–Crippen MR) is 88.1 cm³/mol. The van der Waals surface area contributed by atoms with Crippen LogP contribution in [0.25, 0.3) is 0 Å². The third kappa shape index (κ3) is 3.18. The zero-order valence-corrected chi connectivity index (χ0v) is 14.7. The largest absolute Gasteiger partial charge is 0.444 e. The van der Waals surface area contributed by atoms with Gasteiger partial charge in [-0.15, -0.1) is 0 Å². The molecule has 2 heterocycles. The molecule has 2 aliphatic rings. The number of likely N-dealkylation sites (tertiary alicyclic amines) is 1. The Morgan fingerprint density at radius 1 is 1.33 bits per heavy atom. The maximum absolute atomic E-state index is 12.3. The number of fused-ring (bicyclic) bond motifs is 2. The summed E-state index contributed by atoms with van der Waals surface area (Å²) in [5.41, 5.74) is 0.675. The van der Waals surface area contributed by atoms with Gasteiger partial charge in [0, 0.05) is 3.57 Å². The third-order valence-electron chi connectivity index (χ3n) is 3.82. The Balaban J connectivity index is 1.75. The summed E-state index contributed by atoms with van der Waals surface area (Å²) in [6.07, 6.45) is 0.768. The number of ether oxygens (including phenoxy) is 2. The number of nitrogens with zero attached hydrogens (tertiary/aromatic N) is 1. The van der Waals surface area contributed by atoms with E-state index in [1.54, 1.807) is 0 Å². The van der Waals surface area contributed by atoms with Gasteiger partial charge in [-0.25, -0.2) is 4.79 Å². The molecule has 3 atom stereocenters. The van der Waals surface area contributed by atoms with Crippen molar-refractivity contribution in [3.8, 4) is 0 Å². The lowest BCUT2D eigenvalue weighted by atomic mass is 10.0. The molecule has 0 radical (unpaired) electrons. The predicted octanol–water partition coefficient (Wildman–Crippen LogP) is 3.74. The Labute approximate surface area is 138 Å². The lowest BCUT2D eigenvalue weighted by Gasteiger charge is -2.34. The molecule has 5 heteroatoms. The number of halogens is 1. The Bertz CT molecular complexity index is 537. The highest BCUT2D eigenvalue weighted by molar-refractivity contribution is 14.1. The average Bonchev–Trinajstić information content (AvgIpc) is 2.97. The molecule has 1 amide bonds. The lowest BCUT2D eigenvalue weighted by molar-refractivity contribution is -0.0467. The second kappa shape index (κ2) is 5.43. The summed E-state index contributed by atoms with van der Waals surface area (Å²) in [5.74, 6) is 0. The fourth-order valence-electron chi connectivity index (χ4n) is 2.99. The third-order valence-corrected chi connectivity index (χ3v) is 4.54. The summed E-state index contributed by atoms with van der Waals surface area (Å²) in [6.45, 7) is 6.32. The quantitative estimate of drug-likeness (QED) is 0.674. The van der Waals surface area contributed by atoms with Crippen LogP contribution in [0.4, 0.5) is 4.79 Å². The molecule has 21 heavy (non-hydrogen) atoms. The maximum atomic E-state index is 12.3. The first-order valence-corrected chi connectivity index (χ1v) is 8.32. The molecule has 2 bridgehead atoms. The molecule has 1 aromatic rings. The van der Waals surface area contributed by atoms with Gasteiger partial charge >= 0.3 is 6.09 Å². The molecular formula is C16H20INO3. The van der Waals surface area contributed by atoms with E-state index in [4.69, 9.17) is 9.47 Å². The minimum Gasteiger partial charge on any atom is -0.444 e. The molecule has 0 saturated carbocycles. The van der Waals surface area contributed by atoms with Crippen LogP contribution in [-0.2, 0) is 9.47 Å². The van der Waals surface area contributed by atoms with Crippen LogP contribution in [0.2, 0.25) is 0 Å². The lowest BCUT2D eigenvalue weighted by Crippen LogP contribution is -2.45. The number of carbonyl (C=O) groups excluding carboxylic acids is 1.